The molecule has 0 saturated heterocycles. The Morgan fingerprint density at radius 3 is 2.75 bits per heavy atom. The Balaban J connectivity index is 2.73. The molecule has 1 rings (SSSR count). The third-order valence-electron chi connectivity index (χ3n) is 3.30. The van der Waals surface area contributed by atoms with Crippen LogP contribution >= 0.6 is 0 Å². The molecule has 1 nitrogen and oxygen atoms in total. The van der Waals surface area contributed by atoms with Crippen LogP contribution in [0.2, 0.25) is 0 Å². The fourth-order valence-electron chi connectivity index (χ4n) is 1.72. The molecule has 0 spiro atoms. The van der Waals surface area contributed by atoms with Crippen molar-refractivity contribution >= 4 is 5.78 Å². The fraction of sp³-hybridized carbons (Fsp3) is 0.727. The molecule has 68 valence electrons. The maximum absolute atomic E-state index is 11.0. The van der Waals surface area contributed by atoms with Crippen molar-refractivity contribution < 1.29 is 4.79 Å². The van der Waals surface area contributed by atoms with Gasteiger partial charge in [0, 0.05) is 6.42 Å². The smallest absolute Gasteiger partial charge is 0.155 e. The monoisotopic (exact) mass is 166 g/mol. The molecule has 12 heavy (non-hydrogen) atoms. The van der Waals surface area contributed by atoms with E-state index in [0.717, 1.165) is 12.8 Å². The van der Waals surface area contributed by atoms with Crippen LogP contribution in [0.4, 0.5) is 0 Å². The van der Waals surface area contributed by atoms with Crippen molar-refractivity contribution in [2.24, 2.45) is 11.3 Å². The first-order chi connectivity index (χ1) is 5.58. The molecule has 1 aliphatic rings. The van der Waals surface area contributed by atoms with E-state index >= 15 is 0 Å². The minimum absolute atomic E-state index is 0.267. The van der Waals surface area contributed by atoms with Crippen LogP contribution < -0.4 is 0 Å². The van der Waals surface area contributed by atoms with Gasteiger partial charge in [-0.05, 0) is 23.8 Å². The van der Waals surface area contributed by atoms with Gasteiger partial charge in [0.05, 0.1) is 0 Å². The topological polar surface area (TPSA) is 17.1 Å². The van der Waals surface area contributed by atoms with E-state index in [2.05, 4.69) is 26.8 Å². The van der Waals surface area contributed by atoms with E-state index < -0.39 is 0 Å². The Kier molecular flexibility index (Phi) is 2.71. The number of hydrogen-bond acceptors (Lipinski definition) is 1. The quantitative estimate of drug-likeness (QED) is 0.616. The van der Waals surface area contributed by atoms with Crippen LogP contribution in [-0.4, -0.2) is 5.78 Å². The lowest BCUT2D eigenvalue weighted by Crippen LogP contribution is -2.26. The lowest BCUT2D eigenvalue weighted by atomic mass is 9.70. The van der Waals surface area contributed by atoms with Gasteiger partial charge in [-0.2, -0.15) is 0 Å². The Bertz CT molecular complexity index is 205. The number of ketones is 1. The van der Waals surface area contributed by atoms with Crippen LogP contribution in [0.5, 0.6) is 0 Å². The molecule has 0 amide bonds. The van der Waals surface area contributed by atoms with Crippen molar-refractivity contribution in [1.29, 1.82) is 0 Å². The SMILES string of the molecule is CCC(C)C1(C)C=CC(=O)CC1. The van der Waals surface area contributed by atoms with Crippen molar-refractivity contribution in [3.05, 3.63) is 12.2 Å². The molecule has 0 heterocycles. The van der Waals surface area contributed by atoms with Crippen LogP contribution in [0, 0.1) is 11.3 Å². The van der Waals surface area contributed by atoms with Crippen LogP contribution in [0.25, 0.3) is 0 Å². The third kappa shape index (κ3) is 1.77. The van der Waals surface area contributed by atoms with E-state index in [1.165, 1.54) is 6.42 Å². The van der Waals surface area contributed by atoms with E-state index in [9.17, 15) is 4.79 Å². The van der Waals surface area contributed by atoms with Gasteiger partial charge in [-0.15, -0.1) is 0 Å². The van der Waals surface area contributed by atoms with Crippen LogP contribution in [0.15, 0.2) is 12.2 Å². The zero-order chi connectivity index (χ0) is 9.19. The van der Waals surface area contributed by atoms with Crippen molar-refractivity contribution in [1.82, 2.24) is 0 Å². The van der Waals surface area contributed by atoms with E-state index in [4.69, 9.17) is 0 Å². The standard InChI is InChI=1S/C11H18O/c1-4-9(2)11(3)7-5-10(12)6-8-11/h5,7,9H,4,6,8H2,1-3H3. The number of carbonyl (C=O) groups excluding carboxylic acids is 1. The lowest BCUT2D eigenvalue weighted by Gasteiger charge is -2.34. The molecule has 0 saturated carbocycles. The van der Waals surface area contributed by atoms with Gasteiger partial charge in [-0.25, -0.2) is 0 Å². The summed E-state index contributed by atoms with van der Waals surface area (Å²) in [5.41, 5.74) is 0.267. The van der Waals surface area contributed by atoms with Crippen molar-refractivity contribution in [2.45, 2.75) is 40.0 Å². The maximum Gasteiger partial charge on any atom is 0.155 e. The second kappa shape index (κ2) is 3.42. The van der Waals surface area contributed by atoms with Gasteiger partial charge in [-0.1, -0.05) is 33.3 Å². The number of rotatable bonds is 2. The highest BCUT2D eigenvalue weighted by molar-refractivity contribution is 5.90. The Labute approximate surface area is 74.9 Å². The molecular weight excluding hydrogens is 148 g/mol. The normalized spacial score (nSPS) is 32.1. The highest BCUT2D eigenvalue weighted by Gasteiger charge is 2.30. The molecule has 0 bridgehead atoms. The zero-order valence-electron chi connectivity index (χ0n) is 8.26. The van der Waals surface area contributed by atoms with Gasteiger partial charge in [0.15, 0.2) is 5.78 Å². The van der Waals surface area contributed by atoms with Gasteiger partial charge in [0.1, 0.15) is 0 Å². The average molecular weight is 166 g/mol. The van der Waals surface area contributed by atoms with E-state index in [0.29, 0.717) is 5.92 Å². The molecule has 0 aromatic rings. The summed E-state index contributed by atoms with van der Waals surface area (Å²) in [6.45, 7) is 6.73. The predicted molar refractivity (Wildman–Crippen MR) is 50.9 cm³/mol. The summed E-state index contributed by atoms with van der Waals surface area (Å²) in [7, 11) is 0. The van der Waals surface area contributed by atoms with E-state index in [-0.39, 0.29) is 11.2 Å². The minimum atomic E-state index is 0.267. The van der Waals surface area contributed by atoms with E-state index in [1.807, 2.05) is 0 Å². The van der Waals surface area contributed by atoms with Gasteiger partial charge in [-0.3, -0.25) is 4.79 Å². The molecule has 2 atom stereocenters. The van der Waals surface area contributed by atoms with Crippen LogP contribution in [0.1, 0.15) is 40.0 Å². The van der Waals surface area contributed by atoms with Crippen molar-refractivity contribution in [3.63, 3.8) is 0 Å². The molecule has 1 heteroatoms. The maximum atomic E-state index is 11.0. The average Bonchev–Trinajstić information content (AvgIpc) is 2.09. The summed E-state index contributed by atoms with van der Waals surface area (Å²) >= 11 is 0. The first kappa shape index (κ1) is 9.50. The van der Waals surface area contributed by atoms with Gasteiger partial charge in [0.2, 0.25) is 0 Å². The summed E-state index contributed by atoms with van der Waals surface area (Å²) in [6, 6.07) is 0. The molecule has 1 aliphatic carbocycles. The molecule has 0 aromatic heterocycles. The molecule has 2 unspecified atom stereocenters. The summed E-state index contributed by atoms with van der Waals surface area (Å²) in [5, 5.41) is 0. The number of allylic oxidation sites excluding steroid dienone is 2. The zero-order valence-corrected chi connectivity index (χ0v) is 8.26. The summed E-state index contributed by atoms with van der Waals surface area (Å²) < 4.78 is 0. The largest absolute Gasteiger partial charge is 0.295 e. The van der Waals surface area contributed by atoms with Crippen molar-refractivity contribution in [3.8, 4) is 0 Å². The number of hydrogen-bond donors (Lipinski definition) is 0. The Morgan fingerprint density at radius 1 is 1.67 bits per heavy atom. The molecule has 0 aromatic carbocycles. The van der Waals surface area contributed by atoms with Gasteiger partial charge in [0.25, 0.3) is 0 Å². The molecule has 0 fully saturated rings. The van der Waals surface area contributed by atoms with E-state index in [1.54, 1.807) is 6.08 Å². The fourth-order valence-corrected chi connectivity index (χ4v) is 1.72. The van der Waals surface area contributed by atoms with Gasteiger partial charge >= 0.3 is 0 Å². The highest BCUT2D eigenvalue weighted by atomic mass is 16.1. The summed E-state index contributed by atoms with van der Waals surface area (Å²) in [5.74, 6) is 0.970. The van der Waals surface area contributed by atoms with Crippen LogP contribution in [-0.2, 0) is 4.79 Å². The summed E-state index contributed by atoms with van der Waals surface area (Å²) in [4.78, 5) is 11.0. The van der Waals surface area contributed by atoms with Crippen molar-refractivity contribution in [2.75, 3.05) is 0 Å². The highest BCUT2D eigenvalue weighted by Crippen LogP contribution is 2.38. The molecule has 0 radical (unpaired) electrons. The molecule has 0 N–H and O–H groups in total. The van der Waals surface area contributed by atoms with Gasteiger partial charge < -0.3 is 0 Å². The lowest BCUT2D eigenvalue weighted by molar-refractivity contribution is -0.115. The molecular formula is C11H18O. The molecule has 0 aliphatic heterocycles. The minimum Gasteiger partial charge on any atom is -0.295 e. The Hall–Kier alpha value is -0.590. The predicted octanol–water partition coefficient (Wildman–Crippen LogP) is 2.96. The first-order valence-corrected chi connectivity index (χ1v) is 4.80. The summed E-state index contributed by atoms with van der Waals surface area (Å²) in [6.07, 6.45) is 6.81. The van der Waals surface area contributed by atoms with Crippen LogP contribution in [0.3, 0.4) is 0 Å². The Morgan fingerprint density at radius 2 is 2.33 bits per heavy atom. The number of carbonyl (C=O) groups is 1. The first-order valence-electron chi connectivity index (χ1n) is 4.80. The second-order valence-electron chi connectivity index (χ2n) is 4.11. The third-order valence-corrected chi connectivity index (χ3v) is 3.30. The second-order valence-corrected chi connectivity index (χ2v) is 4.11.